The highest BCUT2D eigenvalue weighted by molar-refractivity contribution is 7.89. The van der Waals surface area contributed by atoms with Gasteiger partial charge in [0.1, 0.15) is 5.82 Å². The van der Waals surface area contributed by atoms with Crippen molar-refractivity contribution in [1.82, 2.24) is 9.29 Å². The Morgan fingerprint density at radius 1 is 1.55 bits per heavy atom. The van der Waals surface area contributed by atoms with Crippen LogP contribution in [0.1, 0.15) is 26.2 Å². The maximum atomic E-state index is 12.6. The lowest BCUT2D eigenvalue weighted by Crippen LogP contribution is -2.34. The summed E-state index contributed by atoms with van der Waals surface area (Å²) in [7, 11) is -3.55. The molecule has 0 atom stereocenters. The summed E-state index contributed by atoms with van der Waals surface area (Å²) in [5.41, 5.74) is 0. The molecule has 1 aromatic rings. The number of anilines is 1. The molecule has 0 aromatic carbocycles. The van der Waals surface area contributed by atoms with Crippen LogP contribution in [0.2, 0.25) is 0 Å². The smallest absolute Gasteiger partial charge is 0.243 e. The Morgan fingerprint density at radius 3 is 2.90 bits per heavy atom. The number of nitrogens with zero attached hydrogens (tertiary/aromatic N) is 3. The van der Waals surface area contributed by atoms with Crippen molar-refractivity contribution in [1.29, 1.82) is 5.26 Å². The van der Waals surface area contributed by atoms with Gasteiger partial charge in [-0.05, 0) is 25.8 Å². The number of hydrogen-bond acceptors (Lipinski definition) is 5. The van der Waals surface area contributed by atoms with Gasteiger partial charge in [0.15, 0.2) is 0 Å². The first-order chi connectivity index (χ1) is 9.59. The Labute approximate surface area is 119 Å². The number of sulfonamides is 1. The zero-order valence-electron chi connectivity index (χ0n) is 11.4. The highest BCUT2D eigenvalue weighted by atomic mass is 32.2. The van der Waals surface area contributed by atoms with Crippen LogP contribution in [0.3, 0.4) is 0 Å². The molecule has 0 bridgehead atoms. The molecule has 0 spiro atoms. The predicted molar refractivity (Wildman–Crippen MR) is 75.5 cm³/mol. The quantitative estimate of drug-likeness (QED) is 0.825. The van der Waals surface area contributed by atoms with Crippen molar-refractivity contribution in [2.75, 3.05) is 18.4 Å². The van der Waals surface area contributed by atoms with Gasteiger partial charge < -0.3 is 5.32 Å². The molecule has 1 aromatic heterocycles. The van der Waals surface area contributed by atoms with Crippen LogP contribution in [0.4, 0.5) is 5.82 Å². The third-order valence-electron chi connectivity index (χ3n) is 3.09. The Balaban J connectivity index is 2.27. The number of hydrogen-bond donors (Lipinski definition) is 1. The van der Waals surface area contributed by atoms with E-state index in [-0.39, 0.29) is 23.9 Å². The van der Waals surface area contributed by atoms with Crippen molar-refractivity contribution < 1.29 is 8.42 Å². The molecule has 0 unspecified atom stereocenters. The molecule has 20 heavy (non-hydrogen) atoms. The van der Waals surface area contributed by atoms with Crippen LogP contribution in [0, 0.1) is 11.3 Å². The molecule has 1 aliphatic rings. The lowest BCUT2D eigenvalue weighted by Gasteiger charge is -2.20. The van der Waals surface area contributed by atoms with E-state index >= 15 is 0 Å². The average Bonchev–Trinajstić information content (AvgIpc) is 3.24. The number of rotatable bonds is 7. The van der Waals surface area contributed by atoms with Gasteiger partial charge in [0.2, 0.25) is 10.0 Å². The molecule has 7 heteroatoms. The van der Waals surface area contributed by atoms with Gasteiger partial charge in [-0.2, -0.15) is 9.57 Å². The minimum Gasteiger partial charge on any atom is -0.370 e. The maximum Gasteiger partial charge on any atom is 0.243 e. The summed E-state index contributed by atoms with van der Waals surface area (Å²) < 4.78 is 26.7. The lowest BCUT2D eigenvalue weighted by atomic mass is 10.4. The average molecular weight is 294 g/mol. The van der Waals surface area contributed by atoms with Gasteiger partial charge in [-0.15, -0.1) is 0 Å². The number of nitriles is 1. The van der Waals surface area contributed by atoms with Gasteiger partial charge in [-0.3, -0.25) is 0 Å². The van der Waals surface area contributed by atoms with Gasteiger partial charge >= 0.3 is 0 Å². The van der Waals surface area contributed by atoms with E-state index in [0.29, 0.717) is 12.4 Å². The maximum absolute atomic E-state index is 12.6. The van der Waals surface area contributed by atoms with E-state index in [1.54, 1.807) is 6.07 Å². The van der Waals surface area contributed by atoms with Gasteiger partial charge in [-0.25, -0.2) is 13.4 Å². The molecule has 1 N–H and O–H groups in total. The first-order valence-electron chi connectivity index (χ1n) is 6.68. The van der Waals surface area contributed by atoms with Crippen LogP contribution in [-0.4, -0.2) is 36.8 Å². The van der Waals surface area contributed by atoms with E-state index in [4.69, 9.17) is 5.26 Å². The summed E-state index contributed by atoms with van der Waals surface area (Å²) in [5.74, 6) is 0.546. The third-order valence-corrected chi connectivity index (χ3v) is 5.04. The first-order valence-corrected chi connectivity index (χ1v) is 8.12. The Hall–Kier alpha value is -1.65. The lowest BCUT2D eigenvalue weighted by molar-refractivity contribution is 0.411. The molecule has 2 rings (SSSR count). The zero-order valence-corrected chi connectivity index (χ0v) is 12.2. The summed E-state index contributed by atoms with van der Waals surface area (Å²) >= 11 is 0. The van der Waals surface area contributed by atoms with E-state index in [9.17, 15) is 8.42 Å². The van der Waals surface area contributed by atoms with Gasteiger partial charge in [0, 0.05) is 37.8 Å². The molecule has 0 radical (unpaired) electrons. The fourth-order valence-electron chi connectivity index (χ4n) is 2.01. The molecule has 1 saturated carbocycles. The summed E-state index contributed by atoms with van der Waals surface area (Å²) in [6, 6.07) is 5.09. The van der Waals surface area contributed by atoms with Crippen molar-refractivity contribution in [2.24, 2.45) is 0 Å². The molecule has 6 nitrogen and oxygen atoms in total. The second kappa shape index (κ2) is 6.20. The Bertz CT molecular complexity index is 605. The molecule has 1 fully saturated rings. The van der Waals surface area contributed by atoms with Crippen molar-refractivity contribution >= 4 is 15.8 Å². The molecule has 1 heterocycles. The first kappa shape index (κ1) is 14.8. The Morgan fingerprint density at radius 2 is 2.30 bits per heavy atom. The van der Waals surface area contributed by atoms with Crippen LogP contribution in [0.25, 0.3) is 0 Å². The van der Waals surface area contributed by atoms with Crippen LogP contribution in [0.15, 0.2) is 23.2 Å². The SMILES string of the molecule is CCNc1cc(S(=O)(=O)N(CCC#N)C2CC2)ccn1. The highest BCUT2D eigenvalue weighted by Crippen LogP contribution is 2.32. The number of pyridine rings is 1. The molecule has 108 valence electrons. The predicted octanol–water partition coefficient (Wildman–Crippen LogP) is 1.58. The summed E-state index contributed by atoms with van der Waals surface area (Å²) in [6.45, 7) is 2.85. The second-order valence-electron chi connectivity index (χ2n) is 4.66. The third kappa shape index (κ3) is 3.26. The molecule has 0 saturated heterocycles. The summed E-state index contributed by atoms with van der Waals surface area (Å²) in [6.07, 6.45) is 3.44. The molecular formula is C13H18N4O2S. The van der Waals surface area contributed by atoms with Crippen LogP contribution < -0.4 is 5.32 Å². The van der Waals surface area contributed by atoms with E-state index in [0.717, 1.165) is 12.8 Å². The van der Waals surface area contributed by atoms with E-state index in [1.165, 1.54) is 16.6 Å². The largest absolute Gasteiger partial charge is 0.370 e. The molecule has 1 aliphatic carbocycles. The van der Waals surface area contributed by atoms with E-state index in [2.05, 4.69) is 10.3 Å². The van der Waals surface area contributed by atoms with Gasteiger partial charge in [0.25, 0.3) is 0 Å². The van der Waals surface area contributed by atoms with Crippen molar-refractivity contribution in [2.45, 2.75) is 37.1 Å². The van der Waals surface area contributed by atoms with Crippen LogP contribution in [0.5, 0.6) is 0 Å². The highest BCUT2D eigenvalue weighted by Gasteiger charge is 2.37. The van der Waals surface area contributed by atoms with Crippen molar-refractivity contribution in [3.8, 4) is 6.07 Å². The normalized spacial score (nSPS) is 15.1. The fraction of sp³-hybridized carbons (Fsp3) is 0.538. The van der Waals surface area contributed by atoms with Gasteiger partial charge in [-0.1, -0.05) is 0 Å². The zero-order chi connectivity index (χ0) is 14.6. The second-order valence-corrected chi connectivity index (χ2v) is 6.55. The number of aromatic nitrogens is 1. The van der Waals surface area contributed by atoms with Crippen LogP contribution in [-0.2, 0) is 10.0 Å². The standard InChI is InChI=1S/C13H18N4O2S/c1-2-15-13-10-12(6-8-16-13)20(18,19)17(9-3-7-14)11-4-5-11/h6,8,10-11H,2-5,9H2,1H3,(H,15,16). The van der Waals surface area contributed by atoms with E-state index in [1.807, 2.05) is 13.0 Å². The topological polar surface area (TPSA) is 86.1 Å². The monoisotopic (exact) mass is 294 g/mol. The molecule has 0 aliphatic heterocycles. The van der Waals surface area contributed by atoms with Gasteiger partial charge in [0.05, 0.1) is 11.0 Å². The number of nitrogens with one attached hydrogen (secondary N) is 1. The minimum atomic E-state index is -3.55. The minimum absolute atomic E-state index is 0.0455. The summed E-state index contributed by atoms with van der Waals surface area (Å²) in [5, 5.41) is 11.7. The molecular weight excluding hydrogens is 276 g/mol. The van der Waals surface area contributed by atoms with E-state index < -0.39 is 10.0 Å². The molecule has 0 amide bonds. The summed E-state index contributed by atoms with van der Waals surface area (Å²) in [4.78, 5) is 4.31. The van der Waals surface area contributed by atoms with Crippen LogP contribution >= 0.6 is 0 Å². The van der Waals surface area contributed by atoms with Crippen molar-refractivity contribution in [3.05, 3.63) is 18.3 Å². The Kier molecular flexibility index (Phi) is 4.57. The fourth-order valence-corrected chi connectivity index (χ4v) is 3.71. The van der Waals surface area contributed by atoms with Crippen molar-refractivity contribution in [3.63, 3.8) is 0 Å².